The maximum Gasteiger partial charge on any atom is 0.265 e. The molecular weight excluding hydrogens is 348 g/mol. The summed E-state index contributed by atoms with van der Waals surface area (Å²) in [4.78, 5) is 23.9. The van der Waals surface area contributed by atoms with Gasteiger partial charge in [0, 0.05) is 23.4 Å². The van der Waals surface area contributed by atoms with E-state index < -0.39 is 6.10 Å². The minimum Gasteiger partial charge on any atom is -0.497 e. The van der Waals surface area contributed by atoms with Crippen molar-refractivity contribution < 1.29 is 23.8 Å². The molecule has 1 unspecified atom stereocenters. The van der Waals surface area contributed by atoms with Crippen LogP contribution in [0.15, 0.2) is 42.5 Å². The Labute approximate surface area is 156 Å². The van der Waals surface area contributed by atoms with Crippen LogP contribution < -0.4 is 24.8 Å². The molecule has 1 aliphatic heterocycles. The average Bonchev–Trinajstić information content (AvgIpc) is 2.67. The van der Waals surface area contributed by atoms with Crippen molar-refractivity contribution in [3.8, 4) is 17.2 Å². The van der Waals surface area contributed by atoms with Crippen LogP contribution >= 0.6 is 0 Å². The highest BCUT2D eigenvalue weighted by Gasteiger charge is 2.23. The first-order chi connectivity index (χ1) is 13.0. The van der Waals surface area contributed by atoms with Crippen molar-refractivity contribution in [2.24, 2.45) is 0 Å². The molecule has 7 nitrogen and oxygen atoms in total. The predicted molar refractivity (Wildman–Crippen MR) is 102 cm³/mol. The van der Waals surface area contributed by atoms with Gasteiger partial charge in [-0.2, -0.15) is 0 Å². The number of rotatable bonds is 5. The summed E-state index contributed by atoms with van der Waals surface area (Å²) in [6.07, 6.45) is 2.51. The van der Waals surface area contributed by atoms with E-state index in [9.17, 15) is 9.59 Å². The molecule has 2 aromatic rings. The molecule has 0 spiro atoms. The lowest BCUT2D eigenvalue weighted by atomic mass is 10.1. The molecule has 0 aliphatic carbocycles. The zero-order chi connectivity index (χ0) is 19.4. The van der Waals surface area contributed by atoms with Crippen molar-refractivity contribution in [3.05, 3.63) is 48.0 Å². The van der Waals surface area contributed by atoms with E-state index >= 15 is 0 Å². The van der Waals surface area contributed by atoms with Gasteiger partial charge in [-0.3, -0.25) is 9.59 Å². The normalized spacial score (nSPS) is 15.5. The maximum absolute atomic E-state index is 12.2. The molecule has 0 bridgehead atoms. The zero-order valence-corrected chi connectivity index (χ0v) is 15.2. The Hall–Kier alpha value is -3.48. The number of carbonyl (C=O) groups is 2. The van der Waals surface area contributed by atoms with E-state index in [0.29, 0.717) is 28.6 Å². The Morgan fingerprint density at radius 3 is 2.74 bits per heavy atom. The van der Waals surface area contributed by atoms with E-state index in [2.05, 4.69) is 10.6 Å². The molecule has 1 heterocycles. The van der Waals surface area contributed by atoms with Gasteiger partial charge in [0.25, 0.3) is 5.91 Å². The Morgan fingerprint density at radius 2 is 2.00 bits per heavy atom. The summed E-state index contributed by atoms with van der Waals surface area (Å²) in [5.41, 5.74) is 1.81. The Morgan fingerprint density at radius 1 is 1.19 bits per heavy atom. The van der Waals surface area contributed by atoms with Crippen molar-refractivity contribution in [2.75, 3.05) is 24.9 Å². The van der Waals surface area contributed by atoms with Crippen LogP contribution in [-0.4, -0.2) is 32.1 Å². The van der Waals surface area contributed by atoms with E-state index in [1.807, 2.05) is 0 Å². The minimum absolute atomic E-state index is 0.225. The van der Waals surface area contributed by atoms with Crippen LogP contribution in [0.25, 0.3) is 6.08 Å². The van der Waals surface area contributed by atoms with E-state index in [1.165, 1.54) is 6.08 Å². The fourth-order valence-electron chi connectivity index (χ4n) is 2.59. The van der Waals surface area contributed by atoms with Crippen molar-refractivity contribution in [3.63, 3.8) is 0 Å². The molecule has 2 N–H and O–H groups in total. The molecule has 0 fully saturated rings. The highest BCUT2D eigenvalue weighted by atomic mass is 16.5. The van der Waals surface area contributed by atoms with Gasteiger partial charge in [0.15, 0.2) is 6.10 Å². The first-order valence-corrected chi connectivity index (χ1v) is 8.33. The lowest BCUT2D eigenvalue weighted by molar-refractivity contribution is -0.122. The van der Waals surface area contributed by atoms with Gasteiger partial charge in [-0.25, -0.2) is 0 Å². The van der Waals surface area contributed by atoms with Gasteiger partial charge in [-0.1, -0.05) is 0 Å². The number of carbonyl (C=O) groups excluding carboxylic acids is 2. The van der Waals surface area contributed by atoms with E-state index in [-0.39, 0.29) is 11.8 Å². The number of fused-ring (bicyclic) bond motifs is 1. The van der Waals surface area contributed by atoms with Gasteiger partial charge in [0.1, 0.15) is 17.2 Å². The smallest absolute Gasteiger partial charge is 0.265 e. The topological polar surface area (TPSA) is 85.9 Å². The Bertz CT molecular complexity index is 907. The molecule has 3 rings (SSSR count). The van der Waals surface area contributed by atoms with Crippen LogP contribution in [0.2, 0.25) is 0 Å². The van der Waals surface area contributed by atoms with Crippen LogP contribution in [0.5, 0.6) is 17.2 Å². The summed E-state index contributed by atoms with van der Waals surface area (Å²) in [6.45, 7) is 1.67. The maximum atomic E-state index is 12.2. The Balaban J connectivity index is 1.70. The highest BCUT2D eigenvalue weighted by Crippen LogP contribution is 2.32. The molecule has 0 saturated heterocycles. The molecule has 2 aromatic carbocycles. The fourth-order valence-corrected chi connectivity index (χ4v) is 2.59. The molecule has 27 heavy (non-hydrogen) atoms. The second-order valence-electron chi connectivity index (χ2n) is 5.89. The van der Waals surface area contributed by atoms with E-state index in [0.717, 1.165) is 5.56 Å². The zero-order valence-electron chi connectivity index (χ0n) is 15.2. The summed E-state index contributed by atoms with van der Waals surface area (Å²) < 4.78 is 15.9. The molecule has 140 valence electrons. The largest absolute Gasteiger partial charge is 0.497 e. The summed E-state index contributed by atoms with van der Waals surface area (Å²) in [6, 6.07) is 10.4. The van der Waals surface area contributed by atoms with Gasteiger partial charge in [0.2, 0.25) is 5.91 Å². The first-order valence-electron chi connectivity index (χ1n) is 8.33. The van der Waals surface area contributed by atoms with E-state index in [1.54, 1.807) is 63.6 Å². The first kappa shape index (κ1) is 18.3. The summed E-state index contributed by atoms with van der Waals surface area (Å²) in [5, 5.41) is 5.50. The molecule has 1 atom stereocenters. The molecule has 0 aromatic heterocycles. The van der Waals surface area contributed by atoms with Crippen LogP contribution in [0.4, 0.5) is 11.4 Å². The second kappa shape index (κ2) is 7.82. The standard InChI is InChI=1S/C20H20N2O5/c1-12-20(24)22-16-10-14(6-8-17(16)27-12)21-19(23)9-5-13-4-7-15(25-2)11-18(13)26-3/h4-12H,1-3H3,(H,21,23)(H,22,24)/b9-5+. The number of hydrogen-bond acceptors (Lipinski definition) is 5. The number of methoxy groups -OCH3 is 2. The highest BCUT2D eigenvalue weighted by molar-refractivity contribution is 6.03. The number of hydrogen-bond donors (Lipinski definition) is 2. The average molecular weight is 368 g/mol. The van der Waals surface area contributed by atoms with Gasteiger partial charge in [-0.15, -0.1) is 0 Å². The number of anilines is 2. The third-order valence-electron chi connectivity index (χ3n) is 4.03. The van der Waals surface area contributed by atoms with Crippen LogP contribution in [0.1, 0.15) is 12.5 Å². The molecule has 0 saturated carbocycles. The van der Waals surface area contributed by atoms with Gasteiger partial charge in [0.05, 0.1) is 19.9 Å². The summed E-state index contributed by atoms with van der Waals surface area (Å²) in [5.74, 6) is 1.29. The second-order valence-corrected chi connectivity index (χ2v) is 5.89. The van der Waals surface area contributed by atoms with Crippen LogP contribution in [0, 0.1) is 0 Å². The lowest BCUT2D eigenvalue weighted by Gasteiger charge is -2.23. The number of nitrogens with one attached hydrogen (secondary N) is 2. The fraction of sp³-hybridized carbons (Fsp3) is 0.200. The van der Waals surface area contributed by atoms with Gasteiger partial charge >= 0.3 is 0 Å². The van der Waals surface area contributed by atoms with Gasteiger partial charge in [-0.05, 0) is 43.3 Å². The monoisotopic (exact) mass is 368 g/mol. The molecule has 0 radical (unpaired) electrons. The SMILES string of the molecule is COc1ccc(/C=C/C(=O)Nc2ccc3c(c2)NC(=O)C(C)O3)c(OC)c1. The van der Waals surface area contributed by atoms with Crippen molar-refractivity contribution in [1.29, 1.82) is 0 Å². The lowest BCUT2D eigenvalue weighted by Crippen LogP contribution is -2.34. The molecule has 2 amide bonds. The Kier molecular flexibility index (Phi) is 5.30. The minimum atomic E-state index is -0.541. The number of ether oxygens (including phenoxy) is 3. The number of benzene rings is 2. The van der Waals surface area contributed by atoms with Crippen LogP contribution in [-0.2, 0) is 9.59 Å². The van der Waals surface area contributed by atoms with Crippen molar-refractivity contribution in [1.82, 2.24) is 0 Å². The van der Waals surface area contributed by atoms with Crippen LogP contribution in [0.3, 0.4) is 0 Å². The van der Waals surface area contributed by atoms with Crippen molar-refractivity contribution in [2.45, 2.75) is 13.0 Å². The summed E-state index contributed by atoms with van der Waals surface area (Å²) in [7, 11) is 3.13. The van der Waals surface area contributed by atoms with Crippen molar-refractivity contribution >= 4 is 29.3 Å². The number of amides is 2. The molecule has 1 aliphatic rings. The third kappa shape index (κ3) is 4.20. The predicted octanol–water partition coefficient (Wildman–Crippen LogP) is 3.08. The molecular formula is C20H20N2O5. The third-order valence-corrected chi connectivity index (χ3v) is 4.03. The van der Waals surface area contributed by atoms with Gasteiger partial charge < -0.3 is 24.8 Å². The van der Waals surface area contributed by atoms with E-state index in [4.69, 9.17) is 14.2 Å². The summed E-state index contributed by atoms with van der Waals surface area (Å²) >= 11 is 0. The quantitative estimate of drug-likeness (QED) is 0.792. The molecule has 7 heteroatoms.